The van der Waals surface area contributed by atoms with E-state index in [4.69, 9.17) is 14.2 Å². The molecule has 8 nitrogen and oxygen atoms in total. The molecule has 3 N–H and O–H groups in total. The number of ether oxygens (including phenoxy) is 3. The maximum atomic E-state index is 12.4. The molecule has 8 heteroatoms. The van der Waals surface area contributed by atoms with Crippen LogP contribution in [-0.2, 0) is 19.9 Å². The number of fused-ring (bicyclic) bond motifs is 1. The van der Waals surface area contributed by atoms with Gasteiger partial charge in [-0.25, -0.2) is 0 Å². The minimum Gasteiger partial charge on any atom is -0.454 e. The number of hydrogen-bond acceptors (Lipinski definition) is 6. The van der Waals surface area contributed by atoms with Gasteiger partial charge in [-0.15, -0.1) is 0 Å². The summed E-state index contributed by atoms with van der Waals surface area (Å²) >= 11 is 0. The van der Waals surface area contributed by atoms with Gasteiger partial charge in [-0.3, -0.25) is 9.59 Å². The minimum atomic E-state index is -1.29. The third-order valence-electron chi connectivity index (χ3n) is 5.53. The van der Waals surface area contributed by atoms with Crippen LogP contribution in [0.3, 0.4) is 0 Å². The zero-order valence-corrected chi connectivity index (χ0v) is 16.4. The van der Waals surface area contributed by atoms with Crippen molar-refractivity contribution < 1.29 is 28.9 Å². The summed E-state index contributed by atoms with van der Waals surface area (Å²) in [4.78, 5) is 24.8. The molecular formula is C22H24N2O6. The zero-order chi connectivity index (χ0) is 21.0. The van der Waals surface area contributed by atoms with Gasteiger partial charge in [-0.1, -0.05) is 30.3 Å². The average Bonchev–Trinajstić information content (AvgIpc) is 3.26. The molecule has 0 spiro atoms. The molecule has 0 bridgehead atoms. The molecule has 0 radical (unpaired) electrons. The first-order valence-electron chi connectivity index (χ1n) is 9.91. The van der Waals surface area contributed by atoms with Crippen LogP contribution in [0.5, 0.6) is 11.5 Å². The third-order valence-corrected chi connectivity index (χ3v) is 5.53. The average molecular weight is 412 g/mol. The largest absolute Gasteiger partial charge is 0.454 e. The van der Waals surface area contributed by atoms with Gasteiger partial charge in [0.05, 0.1) is 6.54 Å². The molecule has 30 heavy (non-hydrogen) atoms. The van der Waals surface area contributed by atoms with Gasteiger partial charge in [0.1, 0.15) is 5.60 Å². The quantitative estimate of drug-likeness (QED) is 0.647. The van der Waals surface area contributed by atoms with Gasteiger partial charge in [0, 0.05) is 25.0 Å². The molecule has 2 aliphatic heterocycles. The van der Waals surface area contributed by atoms with Crippen LogP contribution < -0.4 is 20.1 Å². The van der Waals surface area contributed by atoms with E-state index < -0.39 is 17.4 Å². The second-order valence-electron chi connectivity index (χ2n) is 7.38. The lowest BCUT2D eigenvalue weighted by molar-refractivity contribution is -0.137. The van der Waals surface area contributed by atoms with Gasteiger partial charge in [0.2, 0.25) is 6.79 Å². The van der Waals surface area contributed by atoms with Crippen molar-refractivity contribution in [3.8, 4) is 11.5 Å². The van der Waals surface area contributed by atoms with E-state index in [0.29, 0.717) is 48.8 Å². The van der Waals surface area contributed by atoms with Crippen molar-refractivity contribution in [3.63, 3.8) is 0 Å². The molecule has 0 aliphatic carbocycles. The Kier molecular flexibility index (Phi) is 5.87. The molecule has 1 saturated heterocycles. The highest BCUT2D eigenvalue weighted by Crippen LogP contribution is 2.36. The Labute approximate surface area is 174 Å². The molecular weight excluding hydrogens is 388 g/mol. The minimum absolute atomic E-state index is 0.0743. The Morgan fingerprint density at radius 2 is 1.73 bits per heavy atom. The predicted octanol–water partition coefficient (Wildman–Crippen LogP) is 1.78. The second-order valence-corrected chi connectivity index (χ2v) is 7.38. The van der Waals surface area contributed by atoms with Crippen molar-refractivity contribution in [2.45, 2.75) is 18.4 Å². The van der Waals surface area contributed by atoms with Crippen LogP contribution in [-0.4, -0.2) is 43.5 Å². The highest BCUT2D eigenvalue weighted by Gasteiger charge is 2.39. The fourth-order valence-electron chi connectivity index (χ4n) is 3.84. The molecule has 2 amide bonds. The fourth-order valence-corrected chi connectivity index (χ4v) is 3.84. The van der Waals surface area contributed by atoms with Gasteiger partial charge in [0.15, 0.2) is 11.5 Å². The number of carbonyl (C=O) groups excluding carboxylic acids is 2. The molecule has 0 saturated carbocycles. The monoisotopic (exact) mass is 412 g/mol. The third kappa shape index (κ3) is 4.24. The molecule has 2 aromatic rings. The molecule has 1 atom stereocenters. The van der Waals surface area contributed by atoms with Gasteiger partial charge >= 0.3 is 11.8 Å². The second kappa shape index (κ2) is 8.73. The Morgan fingerprint density at radius 1 is 1.00 bits per heavy atom. The number of rotatable bonds is 5. The summed E-state index contributed by atoms with van der Waals surface area (Å²) in [6.07, 6.45) is 1.34. The highest BCUT2D eigenvalue weighted by atomic mass is 16.7. The topological polar surface area (TPSA) is 106 Å². The molecule has 0 aromatic heterocycles. The maximum Gasteiger partial charge on any atom is 0.313 e. The molecule has 2 heterocycles. The van der Waals surface area contributed by atoms with Crippen LogP contribution >= 0.6 is 0 Å². The first kappa shape index (κ1) is 20.2. The summed E-state index contributed by atoms with van der Waals surface area (Å²) in [6, 6.07) is 14.1. The lowest BCUT2D eigenvalue weighted by Crippen LogP contribution is -2.49. The van der Waals surface area contributed by atoms with Gasteiger partial charge < -0.3 is 30.0 Å². The summed E-state index contributed by atoms with van der Waals surface area (Å²) in [5.41, 5.74) is -0.171. The summed E-state index contributed by atoms with van der Waals surface area (Å²) in [5.74, 6) is -0.649. The van der Waals surface area contributed by atoms with Crippen LogP contribution in [0.4, 0.5) is 5.69 Å². The van der Waals surface area contributed by atoms with E-state index in [1.54, 1.807) is 18.2 Å². The van der Waals surface area contributed by atoms with Crippen molar-refractivity contribution >= 4 is 17.5 Å². The summed E-state index contributed by atoms with van der Waals surface area (Å²) in [7, 11) is 0. The Bertz CT molecular complexity index is 913. The molecule has 158 valence electrons. The number of nitrogens with one attached hydrogen (secondary N) is 2. The van der Waals surface area contributed by atoms with Crippen molar-refractivity contribution in [3.05, 3.63) is 54.1 Å². The predicted molar refractivity (Wildman–Crippen MR) is 108 cm³/mol. The van der Waals surface area contributed by atoms with Crippen LogP contribution in [0.2, 0.25) is 0 Å². The highest BCUT2D eigenvalue weighted by molar-refractivity contribution is 6.39. The van der Waals surface area contributed by atoms with E-state index in [2.05, 4.69) is 10.6 Å². The van der Waals surface area contributed by atoms with Crippen LogP contribution in [0.1, 0.15) is 18.4 Å². The first-order valence-corrected chi connectivity index (χ1v) is 9.91. The van der Waals surface area contributed by atoms with E-state index in [0.717, 1.165) is 0 Å². The van der Waals surface area contributed by atoms with Crippen LogP contribution in [0.25, 0.3) is 0 Å². The number of carbonyl (C=O) groups is 2. The summed E-state index contributed by atoms with van der Waals surface area (Å²) < 4.78 is 15.9. The standard InChI is InChI=1S/C22H24N2O6/c25-20(21(26)24-17-6-7-18-19(12-17)30-14-29-18)23-13-22(27,15-4-2-1-3-5-15)16-8-10-28-11-9-16/h1-7,12,16,27H,8-11,13-14H2,(H,23,25)(H,24,26)/t22-/m1/s1. The van der Waals surface area contributed by atoms with E-state index >= 15 is 0 Å². The van der Waals surface area contributed by atoms with E-state index in [9.17, 15) is 14.7 Å². The summed E-state index contributed by atoms with van der Waals surface area (Å²) in [5, 5.41) is 16.6. The zero-order valence-electron chi connectivity index (χ0n) is 16.4. The van der Waals surface area contributed by atoms with E-state index in [1.165, 1.54) is 0 Å². The molecule has 0 unspecified atom stereocenters. The number of benzene rings is 2. The Balaban J connectivity index is 1.42. The molecule has 1 fully saturated rings. The lowest BCUT2D eigenvalue weighted by Gasteiger charge is -2.39. The number of hydrogen-bond donors (Lipinski definition) is 3. The fraction of sp³-hybridized carbons (Fsp3) is 0.364. The molecule has 4 rings (SSSR count). The van der Waals surface area contributed by atoms with E-state index in [1.807, 2.05) is 30.3 Å². The van der Waals surface area contributed by atoms with Crippen LogP contribution in [0, 0.1) is 5.92 Å². The van der Waals surface area contributed by atoms with E-state index in [-0.39, 0.29) is 19.3 Å². The number of anilines is 1. The Morgan fingerprint density at radius 3 is 2.50 bits per heavy atom. The van der Waals surface area contributed by atoms with Crippen molar-refractivity contribution in [1.82, 2.24) is 5.32 Å². The first-order chi connectivity index (χ1) is 14.6. The SMILES string of the molecule is O=C(NC[C@@](O)(c1ccccc1)C1CCOCC1)C(=O)Nc1ccc2c(c1)OCO2. The van der Waals surface area contributed by atoms with Crippen molar-refractivity contribution in [2.75, 3.05) is 31.9 Å². The van der Waals surface area contributed by atoms with Gasteiger partial charge in [-0.2, -0.15) is 0 Å². The van der Waals surface area contributed by atoms with Crippen LogP contribution in [0.15, 0.2) is 48.5 Å². The van der Waals surface area contributed by atoms with Crippen molar-refractivity contribution in [2.24, 2.45) is 5.92 Å². The lowest BCUT2D eigenvalue weighted by atomic mass is 9.77. The number of aliphatic hydroxyl groups is 1. The number of amides is 2. The van der Waals surface area contributed by atoms with Gasteiger partial charge in [-0.05, 0) is 36.5 Å². The van der Waals surface area contributed by atoms with Gasteiger partial charge in [0.25, 0.3) is 0 Å². The summed E-state index contributed by atoms with van der Waals surface area (Å²) in [6.45, 7) is 1.16. The Hall–Kier alpha value is -3.10. The molecule has 2 aliphatic rings. The normalized spacial score (nSPS) is 17.8. The van der Waals surface area contributed by atoms with Crippen molar-refractivity contribution in [1.29, 1.82) is 0 Å². The molecule has 2 aromatic carbocycles. The smallest absolute Gasteiger partial charge is 0.313 e. The maximum absolute atomic E-state index is 12.4.